The fraction of sp³-hybridized carbons (Fsp3) is 0.103. The van der Waals surface area contributed by atoms with Crippen molar-refractivity contribution in [2.75, 3.05) is 4.90 Å². The van der Waals surface area contributed by atoms with E-state index in [1.54, 1.807) is 0 Å². The minimum atomic E-state index is -0.149. The van der Waals surface area contributed by atoms with E-state index in [-0.39, 0.29) is 10.8 Å². The van der Waals surface area contributed by atoms with Gasteiger partial charge in [0.2, 0.25) is 0 Å². The molecular weight excluding hydrogens is 739 g/mol. The second-order valence-electron chi connectivity index (χ2n) is 17.9. The van der Waals surface area contributed by atoms with Gasteiger partial charge in [-0.25, -0.2) is 0 Å². The number of fused-ring (bicyclic) bond motifs is 10. The van der Waals surface area contributed by atoms with Crippen LogP contribution in [-0.4, -0.2) is 9.13 Å². The average molecular weight is 784 g/mol. The lowest BCUT2D eigenvalue weighted by Crippen LogP contribution is -2.16. The highest BCUT2D eigenvalue weighted by molar-refractivity contribution is 6.12. The molecule has 0 radical (unpaired) electrons. The van der Waals surface area contributed by atoms with Crippen LogP contribution in [0.4, 0.5) is 17.1 Å². The van der Waals surface area contributed by atoms with E-state index in [1.165, 1.54) is 88.9 Å². The number of anilines is 3. The molecule has 0 saturated heterocycles. The molecule has 12 rings (SSSR count). The largest absolute Gasteiger partial charge is 0.317 e. The molecule has 3 heterocycles. The molecule has 3 nitrogen and oxygen atoms in total. The first-order valence-electron chi connectivity index (χ1n) is 21.4. The molecule has 1 aliphatic carbocycles. The van der Waals surface area contributed by atoms with Crippen LogP contribution in [-0.2, 0) is 10.8 Å². The Balaban J connectivity index is 0.981. The van der Waals surface area contributed by atoms with Crippen molar-refractivity contribution in [3.05, 3.63) is 223 Å². The maximum Gasteiger partial charge on any atom is 0.0763 e. The lowest BCUT2D eigenvalue weighted by molar-refractivity contribution is 0.646. The fourth-order valence-electron chi connectivity index (χ4n) is 10.7. The Bertz CT molecular complexity index is 3330. The third-order valence-electron chi connectivity index (χ3n) is 13.7. The van der Waals surface area contributed by atoms with E-state index in [9.17, 15) is 0 Å². The topological polar surface area (TPSA) is 13.1 Å². The smallest absolute Gasteiger partial charge is 0.0763 e. The van der Waals surface area contributed by atoms with Gasteiger partial charge in [-0.15, -0.1) is 0 Å². The van der Waals surface area contributed by atoms with E-state index in [0.29, 0.717) is 0 Å². The highest BCUT2D eigenvalue weighted by Crippen LogP contribution is 2.52. The van der Waals surface area contributed by atoms with Gasteiger partial charge in [-0.1, -0.05) is 155 Å². The summed E-state index contributed by atoms with van der Waals surface area (Å²) in [5, 5.41) is 2.54. The molecule has 3 heteroatoms. The zero-order valence-corrected chi connectivity index (χ0v) is 34.9. The summed E-state index contributed by atoms with van der Waals surface area (Å²) in [5.74, 6) is 0. The molecule has 1 aliphatic heterocycles. The zero-order chi connectivity index (χ0) is 41.0. The van der Waals surface area contributed by atoms with Gasteiger partial charge in [0.25, 0.3) is 0 Å². The Morgan fingerprint density at radius 1 is 0.410 bits per heavy atom. The van der Waals surface area contributed by atoms with Crippen LogP contribution in [0, 0.1) is 0 Å². The quantitative estimate of drug-likeness (QED) is 0.164. The van der Waals surface area contributed by atoms with Crippen molar-refractivity contribution in [2.24, 2.45) is 0 Å². The molecule has 0 bridgehead atoms. The summed E-state index contributed by atoms with van der Waals surface area (Å²) in [6, 6.07) is 71.4. The van der Waals surface area contributed by atoms with Crippen molar-refractivity contribution in [3.8, 4) is 44.8 Å². The van der Waals surface area contributed by atoms with Gasteiger partial charge in [-0.2, -0.15) is 0 Å². The third kappa shape index (κ3) is 5.23. The summed E-state index contributed by atoms with van der Waals surface area (Å²) >= 11 is 0. The van der Waals surface area contributed by atoms with Gasteiger partial charge in [0, 0.05) is 56.2 Å². The summed E-state index contributed by atoms with van der Waals surface area (Å²) in [6.45, 7) is 9.45. The summed E-state index contributed by atoms with van der Waals surface area (Å²) in [6.07, 6.45) is 2.38. The molecular formula is C58H45N3. The van der Waals surface area contributed by atoms with E-state index in [0.717, 1.165) is 17.1 Å². The molecule has 292 valence electrons. The fourth-order valence-corrected chi connectivity index (χ4v) is 10.7. The van der Waals surface area contributed by atoms with Gasteiger partial charge in [-0.05, 0) is 117 Å². The first kappa shape index (κ1) is 35.6. The Morgan fingerprint density at radius 2 is 0.967 bits per heavy atom. The van der Waals surface area contributed by atoms with E-state index < -0.39 is 0 Å². The summed E-state index contributed by atoms with van der Waals surface area (Å²) in [7, 11) is 0. The van der Waals surface area contributed by atoms with Crippen molar-refractivity contribution >= 4 is 38.9 Å². The van der Waals surface area contributed by atoms with Crippen LogP contribution in [0.5, 0.6) is 0 Å². The van der Waals surface area contributed by atoms with Crippen molar-refractivity contribution in [3.63, 3.8) is 0 Å². The molecule has 2 aliphatic rings. The second kappa shape index (κ2) is 13.1. The Kier molecular flexibility index (Phi) is 7.62. The van der Waals surface area contributed by atoms with Crippen molar-refractivity contribution in [2.45, 2.75) is 38.5 Å². The van der Waals surface area contributed by atoms with Gasteiger partial charge in [0.05, 0.1) is 16.7 Å². The highest BCUT2D eigenvalue weighted by Gasteiger charge is 2.40. The maximum absolute atomic E-state index is 2.48. The van der Waals surface area contributed by atoms with Gasteiger partial charge in [0.15, 0.2) is 0 Å². The number of hydrogen-bond donors (Lipinski definition) is 0. The first-order valence-corrected chi connectivity index (χ1v) is 21.4. The molecule has 0 N–H and O–H groups in total. The third-order valence-corrected chi connectivity index (χ3v) is 13.7. The van der Waals surface area contributed by atoms with Gasteiger partial charge in [0.1, 0.15) is 0 Å². The number of hydrogen-bond acceptors (Lipinski definition) is 1. The molecule has 0 unspecified atom stereocenters. The van der Waals surface area contributed by atoms with Crippen LogP contribution in [0.25, 0.3) is 66.6 Å². The van der Waals surface area contributed by atoms with Crippen molar-refractivity contribution < 1.29 is 0 Å². The molecule has 8 aromatic carbocycles. The monoisotopic (exact) mass is 783 g/mol. The van der Waals surface area contributed by atoms with Crippen molar-refractivity contribution in [1.29, 1.82) is 0 Å². The van der Waals surface area contributed by atoms with Crippen LogP contribution in [0.3, 0.4) is 0 Å². The molecule has 0 saturated carbocycles. The van der Waals surface area contributed by atoms with Crippen LogP contribution in [0.15, 0.2) is 200 Å². The number of benzene rings is 8. The van der Waals surface area contributed by atoms with Crippen LogP contribution >= 0.6 is 0 Å². The number of para-hydroxylation sites is 2. The molecule has 0 atom stereocenters. The number of rotatable bonds is 6. The van der Waals surface area contributed by atoms with Crippen LogP contribution in [0.1, 0.15) is 50.1 Å². The second-order valence-corrected chi connectivity index (χ2v) is 17.9. The van der Waals surface area contributed by atoms with Crippen molar-refractivity contribution in [1.82, 2.24) is 9.13 Å². The van der Waals surface area contributed by atoms with Gasteiger partial charge in [-0.3, -0.25) is 0 Å². The normalized spacial score (nSPS) is 14.2. The van der Waals surface area contributed by atoms with Crippen LogP contribution in [0.2, 0.25) is 0 Å². The molecule has 2 aromatic heterocycles. The minimum Gasteiger partial charge on any atom is -0.317 e. The van der Waals surface area contributed by atoms with E-state index >= 15 is 0 Å². The predicted octanol–water partition coefficient (Wildman–Crippen LogP) is 15.3. The number of nitrogens with zero attached hydrogens (tertiary/aromatic N) is 3. The minimum absolute atomic E-state index is 0.0996. The van der Waals surface area contributed by atoms with Gasteiger partial charge < -0.3 is 14.0 Å². The average Bonchev–Trinajstić information content (AvgIpc) is 3.98. The highest BCUT2D eigenvalue weighted by atomic mass is 15.1. The SMILES string of the molecule is CC1(C)c2ccccc2-c2ccc(N(c3ccc(-c4ccccc4)cc3)c3ccc(-c4ccc5c(c4)c4cn6c(c4n5-c4ccccc4)C(C)(C)c4ccccc4-6)cc3)cc21. The first-order chi connectivity index (χ1) is 29.8. The summed E-state index contributed by atoms with van der Waals surface area (Å²) < 4.78 is 4.93. The molecule has 61 heavy (non-hydrogen) atoms. The summed E-state index contributed by atoms with van der Waals surface area (Å²) in [4.78, 5) is 2.41. The Labute approximate surface area is 357 Å². The van der Waals surface area contributed by atoms with Gasteiger partial charge >= 0.3 is 0 Å². The Morgan fingerprint density at radius 3 is 1.69 bits per heavy atom. The Hall–Kier alpha value is -7.36. The summed E-state index contributed by atoms with van der Waals surface area (Å²) in [5.41, 5.74) is 21.0. The maximum atomic E-state index is 2.48. The molecule has 10 aromatic rings. The van der Waals surface area contributed by atoms with Crippen LogP contribution < -0.4 is 4.90 Å². The molecule has 0 fully saturated rings. The van der Waals surface area contributed by atoms with E-state index in [4.69, 9.17) is 0 Å². The molecule has 0 spiro atoms. The number of aromatic nitrogens is 2. The molecule has 0 amide bonds. The lowest BCUT2D eigenvalue weighted by atomic mass is 9.82. The predicted molar refractivity (Wildman–Crippen MR) is 255 cm³/mol. The standard InChI is InChI=1S/C58H45N3/c1-57(2)50-20-12-11-19-46(50)47-33-32-45(36-52(47)57)60(43-28-23-39(24-29-43)38-15-7-5-8-16-38)44-30-25-40(26-31-44)41-27-34-53-48(35-41)49-37-59-54-22-14-13-21-51(54)58(3,4)56(59)55(49)61(53)42-17-9-6-10-18-42/h5-37H,1-4H3. The lowest BCUT2D eigenvalue weighted by Gasteiger charge is -2.28. The van der Waals surface area contributed by atoms with E-state index in [2.05, 4.69) is 242 Å². The zero-order valence-electron chi connectivity index (χ0n) is 34.9. The van der Waals surface area contributed by atoms with E-state index in [1.807, 2.05) is 0 Å².